The molecule has 1 heterocycles. The van der Waals surface area contributed by atoms with Gasteiger partial charge in [0.1, 0.15) is 0 Å². The second kappa shape index (κ2) is 12.1. The molecular formula is C26H27Cl2N5O4S2. The number of rotatable bonds is 8. The molecule has 0 aromatic heterocycles. The number of nitrogens with two attached hydrogens (primary N) is 1. The normalized spacial score (nSPS) is 17.1. The summed E-state index contributed by atoms with van der Waals surface area (Å²) in [7, 11) is -7.84. The minimum absolute atomic E-state index is 0.00559. The largest absolute Gasteiger partial charge is 0.264 e. The molecule has 3 N–H and O–H groups in total. The fraction of sp³-hybridized carbons (Fsp3) is 0.231. The molecule has 0 aliphatic carbocycles. The average molecular weight is 609 g/mol. The number of hydrogen-bond donors (Lipinski definition) is 2. The number of hydrazone groups is 1. The van der Waals surface area contributed by atoms with Crippen LogP contribution < -0.4 is 9.86 Å². The minimum Gasteiger partial charge on any atom is -0.251 e. The van der Waals surface area contributed by atoms with Gasteiger partial charge in [0.15, 0.2) is 0 Å². The van der Waals surface area contributed by atoms with Gasteiger partial charge in [-0.15, -0.1) is 0 Å². The van der Waals surface area contributed by atoms with Crippen LogP contribution in [0.5, 0.6) is 0 Å². The number of primary sulfonamides is 1. The van der Waals surface area contributed by atoms with Gasteiger partial charge in [0, 0.05) is 22.5 Å². The molecule has 0 amide bonds. The first-order valence-electron chi connectivity index (χ1n) is 12.0. The molecule has 1 aliphatic heterocycles. The van der Waals surface area contributed by atoms with Crippen LogP contribution in [0.25, 0.3) is 0 Å². The molecule has 39 heavy (non-hydrogen) atoms. The molecule has 0 unspecified atom stereocenters. The van der Waals surface area contributed by atoms with Crippen molar-refractivity contribution < 1.29 is 16.8 Å². The van der Waals surface area contributed by atoms with Crippen LogP contribution in [0.15, 0.2) is 93.9 Å². The topological polar surface area (TPSA) is 134 Å². The summed E-state index contributed by atoms with van der Waals surface area (Å²) >= 11 is 12.0. The van der Waals surface area contributed by atoms with Gasteiger partial charge in [-0.25, -0.2) is 31.7 Å². The number of nitrogens with one attached hydrogen (secondary N) is 1. The Balaban J connectivity index is 1.72. The standard InChI is InChI=1S/C26H27Cl2N5O4S2/c1-18(38(29,34)35)15-16-30-26(32-39(36,37)23-13-11-22(28)12-14-23)33-17-24(19-5-3-2-4-6-19)25(31-33)20-7-9-21(27)10-8-20/h2-14,18,24H,15-17H2,1H3,(H,30,32)(H2,29,34,35)/t18-,24+/m1/s1. The number of aliphatic imine (C=N–C) groups is 1. The van der Waals surface area contributed by atoms with E-state index in [0.717, 1.165) is 11.1 Å². The van der Waals surface area contributed by atoms with Crippen LogP contribution in [0.2, 0.25) is 10.0 Å². The van der Waals surface area contributed by atoms with Crippen molar-refractivity contribution in [2.24, 2.45) is 15.2 Å². The van der Waals surface area contributed by atoms with E-state index in [4.69, 9.17) is 33.4 Å². The number of hydrogen-bond acceptors (Lipinski definition) is 6. The molecule has 9 nitrogen and oxygen atoms in total. The van der Waals surface area contributed by atoms with Gasteiger partial charge in [0.2, 0.25) is 16.0 Å². The van der Waals surface area contributed by atoms with Crippen LogP contribution in [-0.2, 0) is 20.0 Å². The highest BCUT2D eigenvalue weighted by Crippen LogP contribution is 2.29. The smallest absolute Gasteiger partial charge is 0.251 e. The van der Waals surface area contributed by atoms with E-state index in [-0.39, 0.29) is 36.3 Å². The lowest BCUT2D eigenvalue weighted by Gasteiger charge is -2.20. The molecule has 0 radical (unpaired) electrons. The van der Waals surface area contributed by atoms with Crippen LogP contribution in [0.3, 0.4) is 0 Å². The first-order chi connectivity index (χ1) is 18.4. The lowest BCUT2D eigenvalue weighted by Crippen LogP contribution is -2.41. The molecule has 206 valence electrons. The van der Waals surface area contributed by atoms with E-state index in [9.17, 15) is 16.8 Å². The molecule has 0 saturated heterocycles. The Morgan fingerprint density at radius 3 is 2.18 bits per heavy atom. The lowest BCUT2D eigenvalue weighted by atomic mass is 9.91. The maximum absolute atomic E-state index is 13.3. The molecule has 2 atom stereocenters. The van der Waals surface area contributed by atoms with Crippen molar-refractivity contribution in [3.05, 3.63) is 100 Å². The Morgan fingerprint density at radius 2 is 1.59 bits per heavy atom. The van der Waals surface area contributed by atoms with Gasteiger partial charge >= 0.3 is 0 Å². The zero-order valence-electron chi connectivity index (χ0n) is 20.9. The molecular weight excluding hydrogens is 581 g/mol. The summed E-state index contributed by atoms with van der Waals surface area (Å²) in [4.78, 5) is 4.42. The zero-order chi connectivity index (χ0) is 28.2. The van der Waals surface area contributed by atoms with Gasteiger partial charge < -0.3 is 0 Å². The van der Waals surface area contributed by atoms with Crippen LogP contribution in [0, 0.1) is 0 Å². The molecule has 0 saturated carbocycles. The highest BCUT2D eigenvalue weighted by atomic mass is 35.5. The van der Waals surface area contributed by atoms with E-state index in [1.54, 1.807) is 12.1 Å². The van der Waals surface area contributed by atoms with Gasteiger partial charge in [-0.2, -0.15) is 5.10 Å². The van der Waals surface area contributed by atoms with Crippen molar-refractivity contribution in [3.63, 3.8) is 0 Å². The van der Waals surface area contributed by atoms with E-state index in [1.807, 2.05) is 42.5 Å². The third-order valence-electron chi connectivity index (χ3n) is 6.21. The van der Waals surface area contributed by atoms with Crippen molar-refractivity contribution in [2.45, 2.75) is 29.4 Å². The first kappa shape index (κ1) is 29.0. The van der Waals surface area contributed by atoms with E-state index in [0.29, 0.717) is 15.8 Å². The Bertz CT molecular complexity index is 1580. The van der Waals surface area contributed by atoms with Crippen LogP contribution in [-0.4, -0.2) is 51.9 Å². The highest BCUT2D eigenvalue weighted by molar-refractivity contribution is 7.90. The fourth-order valence-electron chi connectivity index (χ4n) is 3.94. The quantitative estimate of drug-likeness (QED) is 0.292. The summed E-state index contributed by atoms with van der Waals surface area (Å²) in [5.41, 5.74) is 2.50. The monoisotopic (exact) mass is 607 g/mol. The maximum Gasteiger partial charge on any atom is 0.264 e. The van der Waals surface area contributed by atoms with E-state index < -0.39 is 25.3 Å². The van der Waals surface area contributed by atoms with Crippen molar-refractivity contribution in [1.29, 1.82) is 0 Å². The van der Waals surface area contributed by atoms with Crippen molar-refractivity contribution in [1.82, 2.24) is 9.73 Å². The SMILES string of the molecule is C[C@H](CCN=C(NS(=O)(=O)c1ccc(Cl)cc1)N1C[C@@H](c2ccccc2)C(c2ccc(Cl)cc2)=N1)S(N)(=O)=O. The van der Waals surface area contributed by atoms with Crippen molar-refractivity contribution in [3.8, 4) is 0 Å². The number of sulfonamides is 2. The third-order valence-corrected chi connectivity index (χ3v) is 9.41. The summed E-state index contributed by atoms with van der Waals surface area (Å²) in [6, 6.07) is 22.6. The number of halogens is 2. The molecule has 3 aromatic carbocycles. The molecule has 0 fully saturated rings. The van der Waals surface area contributed by atoms with Gasteiger partial charge in [-0.3, -0.25) is 4.99 Å². The molecule has 1 aliphatic rings. The predicted octanol–water partition coefficient (Wildman–Crippen LogP) is 4.20. The summed E-state index contributed by atoms with van der Waals surface area (Å²) < 4.78 is 52.5. The minimum atomic E-state index is -4.07. The number of benzene rings is 3. The van der Waals surface area contributed by atoms with Gasteiger partial charge in [0.05, 0.1) is 22.4 Å². The Hall–Kier alpha value is -2.96. The van der Waals surface area contributed by atoms with Gasteiger partial charge in [-0.05, 0) is 60.9 Å². The van der Waals surface area contributed by atoms with Crippen LogP contribution >= 0.6 is 23.2 Å². The Kier molecular flexibility index (Phi) is 8.97. The third kappa shape index (κ3) is 7.37. The van der Waals surface area contributed by atoms with Crippen molar-refractivity contribution >= 4 is 54.9 Å². The van der Waals surface area contributed by atoms with Crippen molar-refractivity contribution in [2.75, 3.05) is 13.1 Å². The highest BCUT2D eigenvalue weighted by Gasteiger charge is 2.33. The Morgan fingerprint density at radius 1 is 1.00 bits per heavy atom. The maximum atomic E-state index is 13.3. The van der Waals surface area contributed by atoms with Crippen LogP contribution in [0.4, 0.5) is 0 Å². The van der Waals surface area contributed by atoms with E-state index >= 15 is 0 Å². The summed E-state index contributed by atoms with van der Waals surface area (Å²) in [5.74, 6) is -0.252. The van der Waals surface area contributed by atoms with E-state index in [1.165, 1.54) is 36.2 Å². The Labute approximate surface area is 238 Å². The molecule has 0 spiro atoms. The lowest BCUT2D eigenvalue weighted by molar-refractivity contribution is 0.460. The average Bonchev–Trinajstić information content (AvgIpc) is 3.34. The van der Waals surface area contributed by atoms with Crippen LogP contribution in [0.1, 0.15) is 30.4 Å². The molecule has 13 heteroatoms. The first-order valence-corrected chi connectivity index (χ1v) is 15.8. The number of guanidine groups is 1. The summed E-state index contributed by atoms with van der Waals surface area (Å²) in [5, 5.41) is 11.6. The molecule has 3 aromatic rings. The van der Waals surface area contributed by atoms with Gasteiger partial charge in [0.25, 0.3) is 10.0 Å². The second-order valence-electron chi connectivity index (χ2n) is 8.99. The van der Waals surface area contributed by atoms with Gasteiger partial charge in [-0.1, -0.05) is 65.7 Å². The number of nitrogens with zero attached hydrogens (tertiary/aromatic N) is 3. The predicted molar refractivity (Wildman–Crippen MR) is 155 cm³/mol. The molecule has 0 bridgehead atoms. The van der Waals surface area contributed by atoms with E-state index in [2.05, 4.69) is 9.71 Å². The molecule has 4 rings (SSSR count). The second-order valence-corrected chi connectivity index (χ2v) is 13.5. The summed E-state index contributed by atoms with van der Waals surface area (Å²) in [6.45, 7) is 1.75. The summed E-state index contributed by atoms with van der Waals surface area (Å²) in [6.07, 6.45) is 0.0920. The zero-order valence-corrected chi connectivity index (χ0v) is 24.1. The fourth-order valence-corrected chi connectivity index (χ4v) is 5.65.